The summed E-state index contributed by atoms with van der Waals surface area (Å²) in [5.41, 5.74) is 2.11. The molecule has 0 fully saturated rings. The first-order valence-corrected chi connectivity index (χ1v) is 10.2. The van der Waals surface area contributed by atoms with Gasteiger partial charge in [-0.1, -0.05) is 46.0 Å². The number of aromatic nitrogens is 3. The zero-order valence-electron chi connectivity index (χ0n) is 16.0. The van der Waals surface area contributed by atoms with Gasteiger partial charge in [-0.15, -0.1) is 0 Å². The molecule has 0 spiro atoms. The maximum Gasteiger partial charge on any atom is 0.279 e. The minimum atomic E-state index is -0.496. The fourth-order valence-electron chi connectivity index (χ4n) is 2.92. The van der Waals surface area contributed by atoms with Gasteiger partial charge in [0.15, 0.2) is 17.3 Å². The molecule has 158 valence electrons. The summed E-state index contributed by atoms with van der Waals surface area (Å²) in [6, 6.07) is 12.3. The van der Waals surface area contributed by atoms with Crippen molar-refractivity contribution in [1.29, 1.82) is 0 Å². The van der Waals surface area contributed by atoms with Crippen LogP contribution in [0.5, 0.6) is 0 Å². The number of anilines is 1. The molecule has 1 amide bonds. The lowest BCUT2D eigenvalue weighted by molar-refractivity contribution is 0.101. The van der Waals surface area contributed by atoms with Gasteiger partial charge in [-0.3, -0.25) is 9.48 Å². The molecule has 2 aromatic heterocycles. The smallest absolute Gasteiger partial charge is 0.279 e. The van der Waals surface area contributed by atoms with Crippen LogP contribution in [-0.4, -0.2) is 20.8 Å². The number of hydrogen-bond acceptors (Lipinski definition) is 4. The number of halogens is 4. The fraction of sp³-hybridized carbons (Fsp3) is 0.0952. The van der Waals surface area contributed by atoms with Crippen molar-refractivity contribution in [1.82, 2.24) is 14.9 Å². The third-order valence-corrected chi connectivity index (χ3v) is 5.40. The van der Waals surface area contributed by atoms with E-state index >= 15 is 0 Å². The second-order valence-corrected chi connectivity index (χ2v) is 7.97. The molecular formula is C21H14Cl3FN4O2. The Morgan fingerprint density at radius 3 is 2.65 bits per heavy atom. The zero-order chi connectivity index (χ0) is 22.1. The summed E-state index contributed by atoms with van der Waals surface area (Å²) in [5.74, 6) is -0.246. The molecule has 0 atom stereocenters. The second-order valence-electron chi connectivity index (χ2n) is 6.72. The number of carbonyl (C=O) groups excluding carboxylic acids is 1. The summed E-state index contributed by atoms with van der Waals surface area (Å²) in [7, 11) is 0. The predicted molar refractivity (Wildman–Crippen MR) is 117 cm³/mol. The number of nitrogens with one attached hydrogen (secondary N) is 1. The largest absolute Gasteiger partial charge is 0.355 e. The highest BCUT2D eigenvalue weighted by Crippen LogP contribution is 2.31. The van der Waals surface area contributed by atoms with Crippen molar-refractivity contribution in [3.8, 4) is 11.3 Å². The number of nitrogens with zero attached hydrogens (tertiary/aromatic N) is 3. The van der Waals surface area contributed by atoms with Crippen LogP contribution in [0.3, 0.4) is 0 Å². The van der Waals surface area contributed by atoms with E-state index in [1.807, 2.05) is 6.92 Å². The average Bonchev–Trinajstić information content (AvgIpc) is 3.31. The van der Waals surface area contributed by atoms with Gasteiger partial charge in [-0.05, 0) is 42.8 Å². The standard InChI is InChI=1S/C21H14Cl3FN4O2/c1-11-6-20(27-29(11)10-12-2-4-14(25)8-16(12)23)26-21(30)18-9-19(31-28-18)15-5-3-13(22)7-17(15)24/h2-9H,10H2,1H3,(H,26,27,30). The highest BCUT2D eigenvalue weighted by molar-refractivity contribution is 6.36. The third kappa shape index (κ3) is 4.74. The molecule has 0 unspecified atom stereocenters. The quantitative estimate of drug-likeness (QED) is 0.367. The van der Waals surface area contributed by atoms with Gasteiger partial charge in [0.05, 0.1) is 11.6 Å². The van der Waals surface area contributed by atoms with Crippen molar-refractivity contribution in [2.24, 2.45) is 0 Å². The van der Waals surface area contributed by atoms with Crippen LogP contribution in [0.2, 0.25) is 15.1 Å². The Balaban J connectivity index is 1.49. The van der Waals surface area contributed by atoms with Gasteiger partial charge >= 0.3 is 0 Å². The van der Waals surface area contributed by atoms with E-state index < -0.39 is 11.7 Å². The molecule has 0 radical (unpaired) electrons. The highest BCUT2D eigenvalue weighted by atomic mass is 35.5. The molecule has 1 N–H and O–H groups in total. The third-order valence-electron chi connectivity index (χ3n) is 4.50. The topological polar surface area (TPSA) is 73.0 Å². The van der Waals surface area contributed by atoms with Crippen LogP contribution in [0, 0.1) is 12.7 Å². The minimum absolute atomic E-state index is 0.0646. The lowest BCUT2D eigenvalue weighted by Gasteiger charge is -2.06. The number of amides is 1. The van der Waals surface area contributed by atoms with E-state index in [0.717, 1.165) is 5.69 Å². The van der Waals surface area contributed by atoms with Crippen LogP contribution >= 0.6 is 34.8 Å². The van der Waals surface area contributed by atoms with Crippen molar-refractivity contribution in [2.45, 2.75) is 13.5 Å². The molecule has 4 rings (SSSR count). The number of carbonyl (C=O) groups is 1. The minimum Gasteiger partial charge on any atom is -0.355 e. The Hall–Kier alpha value is -2.87. The van der Waals surface area contributed by atoms with Crippen LogP contribution in [0.15, 0.2) is 53.1 Å². The first-order valence-electron chi connectivity index (χ1n) is 9.02. The van der Waals surface area contributed by atoms with E-state index in [2.05, 4.69) is 15.6 Å². The van der Waals surface area contributed by atoms with Gasteiger partial charge in [-0.25, -0.2) is 4.39 Å². The molecule has 2 heterocycles. The predicted octanol–water partition coefficient (Wildman–Crippen LogP) is 6.25. The Labute approximate surface area is 191 Å². The van der Waals surface area contributed by atoms with Gasteiger partial charge in [-0.2, -0.15) is 5.10 Å². The monoisotopic (exact) mass is 478 g/mol. The Bertz CT molecular complexity index is 1290. The van der Waals surface area contributed by atoms with Crippen LogP contribution in [0.25, 0.3) is 11.3 Å². The van der Waals surface area contributed by atoms with Crippen LogP contribution in [-0.2, 0) is 6.54 Å². The SMILES string of the molecule is Cc1cc(NC(=O)c2cc(-c3ccc(Cl)cc3Cl)on2)nn1Cc1ccc(F)cc1Cl. The van der Waals surface area contributed by atoms with Gasteiger partial charge in [0.2, 0.25) is 0 Å². The second kappa shape index (κ2) is 8.70. The molecule has 0 aliphatic rings. The van der Waals surface area contributed by atoms with Crippen LogP contribution < -0.4 is 5.32 Å². The summed E-state index contributed by atoms with van der Waals surface area (Å²) < 4.78 is 20.1. The normalized spacial score (nSPS) is 11.0. The van der Waals surface area contributed by atoms with Gasteiger partial charge < -0.3 is 9.84 Å². The molecular weight excluding hydrogens is 466 g/mol. The van der Waals surface area contributed by atoms with Crippen molar-refractivity contribution >= 4 is 46.5 Å². The van der Waals surface area contributed by atoms with Crippen molar-refractivity contribution in [3.63, 3.8) is 0 Å². The Kier molecular flexibility index (Phi) is 6.00. The zero-order valence-corrected chi connectivity index (χ0v) is 18.3. The maximum atomic E-state index is 13.2. The molecule has 2 aromatic carbocycles. The molecule has 0 aliphatic carbocycles. The summed E-state index contributed by atoms with van der Waals surface area (Å²) in [5, 5.41) is 12.0. The summed E-state index contributed by atoms with van der Waals surface area (Å²) in [6.07, 6.45) is 0. The van der Waals surface area contributed by atoms with Crippen molar-refractivity contribution in [3.05, 3.63) is 86.4 Å². The fourth-order valence-corrected chi connectivity index (χ4v) is 3.65. The van der Waals surface area contributed by atoms with E-state index in [0.29, 0.717) is 44.3 Å². The first-order chi connectivity index (χ1) is 14.8. The maximum absolute atomic E-state index is 13.2. The number of hydrogen-bond donors (Lipinski definition) is 1. The Morgan fingerprint density at radius 2 is 1.90 bits per heavy atom. The van der Waals surface area contributed by atoms with Gasteiger partial charge in [0.25, 0.3) is 5.91 Å². The lowest BCUT2D eigenvalue weighted by Crippen LogP contribution is -2.13. The van der Waals surface area contributed by atoms with Gasteiger partial charge in [0.1, 0.15) is 5.82 Å². The molecule has 6 nitrogen and oxygen atoms in total. The van der Waals surface area contributed by atoms with E-state index in [1.54, 1.807) is 35.0 Å². The number of rotatable bonds is 5. The summed E-state index contributed by atoms with van der Waals surface area (Å²) in [4.78, 5) is 12.6. The molecule has 0 saturated heterocycles. The first kappa shape index (κ1) is 21.4. The van der Waals surface area contributed by atoms with Crippen LogP contribution in [0.1, 0.15) is 21.7 Å². The van der Waals surface area contributed by atoms with Crippen LogP contribution in [0.4, 0.5) is 10.2 Å². The molecule has 0 saturated carbocycles. The number of aryl methyl sites for hydroxylation is 1. The average molecular weight is 480 g/mol. The van der Waals surface area contributed by atoms with E-state index in [9.17, 15) is 9.18 Å². The van der Waals surface area contributed by atoms with E-state index in [4.69, 9.17) is 39.3 Å². The molecule has 31 heavy (non-hydrogen) atoms. The van der Waals surface area contributed by atoms with Gasteiger partial charge in [0, 0.05) is 33.4 Å². The lowest BCUT2D eigenvalue weighted by atomic mass is 10.1. The molecule has 0 bridgehead atoms. The Morgan fingerprint density at radius 1 is 1.10 bits per heavy atom. The summed E-state index contributed by atoms with van der Waals surface area (Å²) >= 11 is 18.2. The van der Waals surface area contributed by atoms with E-state index in [-0.39, 0.29) is 5.69 Å². The van der Waals surface area contributed by atoms with Crippen molar-refractivity contribution in [2.75, 3.05) is 5.32 Å². The number of benzene rings is 2. The van der Waals surface area contributed by atoms with Crippen molar-refractivity contribution < 1.29 is 13.7 Å². The summed E-state index contributed by atoms with van der Waals surface area (Å²) in [6.45, 7) is 2.15. The molecule has 4 aromatic rings. The molecule has 0 aliphatic heterocycles. The molecule has 10 heteroatoms. The highest BCUT2D eigenvalue weighted by Gasteiger charge is 2.17. The van der Waals surface area contributed by atoms with E-state index in [1.165, 1.54) is 18.2 Å².